The minimum atomic E-state index is -2.46. The molecule has 0 spiro atoms. The maximum atomic E-state index is 5.41. The average molecular weight is 221 g/mol. The van der Waals surface area contributed by atoms with E-state index >= 15 is 0 Å². The zero-order valence-corrected chi connectivity index (χ0v) is 10.0. The third kappa shape index (κ3) is 4.61. The Morgan fingerprint density at radius 2 is 2.00 bits per heavy atom. The van der Waals surface area contributed by atoms with Crippen LogP contribution >= 0.6 is 12.2 Å². The zero-order chi connectivity index (χ0) is 10.2. The number of hydrogen-bond donors (Lipinski definition) is 0. The van der Waals surface area contributed by atoms with E-state index in [1.54, 1.807) is 14.2 Å². The normalized spacial score (nSPS) is 11.0. The summed E-state index contributed by atoms with van der Waals surface area (Å²) in [5, 5.41) is 2.23. The minimum absolute atomic E-state index is 0.164. The summed E-state index contributed by atoms with van der Waals surface area (Å²) < 4.78 is 15.9. The summed E-state index contributed by atoms with van der Waals surface area (Å²) in [5.74, 6) is 0. The largest absolute Gasteiger partial charge is 0.501 e. The molecule has 0 amide bonds. The van der Waals surface area contributed by atoms with Gasteiger partial charge in [-0.2, -0.15) is 0 Å². The van der Waals surface area contributed by atoms with E-state index in [-0.39, 0.29) is 6.73 Å². The Labute approximate surface area is 85.3 Å². The van der Waals surface area contributed by atoms with Crippen LogP contribution in [0.15, 0.2) is 4.99 Å². The quantitative estimate of drug-likeness (QED) is 0.373. The summed E-state index contributed by atoms with van der Waals surface area (Å²) in [6, 6.07) is 0.785. The van der Waals surface area contributed by atoms with E-state index in [1.807, 2.05) is 6.92 Å². The van der Waals surface area contributed by atoms with Gasteiger partial charge in [-0.1, -0.05) is 13.3 Å². The molecule has 6 heteroatoms. The Bertz CT molecular complexity index is 181. The van der Waals surface area contributed by atoms with Gasteiger partial charge in [-0.25, -0.2) is 4.99 Å². The van der Waals surface area contributed by atoms with E-state index in [9.17, 15) is 0 Å². The standard InChI is InChI=1S/C7H15NO3SSi/c1-4-5-13(9-2,10-3)11-6-8-7-12/h4-6H2,1-3H3. The van der Waals surface area contributed by atoms with Gasteiger partial charge in [0.1, 0.15) is 6.73 Å². The lowest BCUT2D eigenvalue weighted by molar-refractivity contribution is 0.102. The van der Waals surface area contributed by atoms with Gasteiger partial charge < -0.3 is 13.3 Å². The van der Waals surface area contributed by atoms with Crippen LogP contribution < -0.4 is 0 Å². The molecule has 0 saturated heterocycles. The molecule has 0 atom stereocenters. The van der Waals surface area contributed by atoms with Crippen molar-refractivity contribution < 1.29 is 13.3 Å². The maximum absolute atomic E-state index is 5.41. The van der Waals surface area contributed by atoms with Crippen molar-refractivity contribution in [1.82, 2.24) is 0 Å². The Hall–Kier alpha value is -0.103. The summed E-state index contributed by atoms with van der Waals surface area (Å²) in [4.78, 5) is 3.65. The summed E-state index contributed by atoms with van der Waals surface area (Å²) in [7, 11) is 0.719. The smallest absolute Gasteiger partial charge is 0.377 e. The molecular formula is C7H15NO3SSi. The first kappa shape index (κ1) is 12.9. The highest BCUT2D eigenvalue weighted by Crippen LogP contribution is 2.15. The lowest BCUT2D eigenvalue weighted by atomic mass is 10.6. The molecule has 0 aromatic heterocycles. The second-order valence-electron chi connectivity index (χ2n) is 2.36. The zero-order valence-electron chi connectivity index (χ0n) is 8.20. The monoisotopic (exact) mass is 221 g/mol. The van der Waals surface area contributed by atoms with Crippen LogP contribution in [0.2, 0.25) is 6.04 Å². The van der Waals surface area contributed by atoms with Crippen molar-refractivity contribution in [3.05, 3.63) is 0 Å². The molecule has 0 radical (unpaired) electrons. The topological polar surface area (TPSA) is 40.0 Å². The Balaban J connectivity index is 4.11. The van der Waals surface area contributed by atoms with E-state index in [2.05, 4.69) is 22.4 Å². The van der Waals surface area contributed by atoms with Crippen molar-refractivity contribution in [2.45, 2.75) is 19.4 Å². The fourth-order valence-corrected chi connectivity index (χ4v) is 2.82. The van der Waals surface area contributed by atoms with Crippen molar-refractivity contribution in [2.75, 3.05) is 21.0 Å². The summed E-state index contributed by atoms with van der Waals surface area (Å²) in [6.45, 7) is 2.21. The van der Waals surface area contributed by atoms with Gasteiger partial charge in [0.2, 0.25) is 0 Å². The van der Waals surface area contributed by atoms with E-state index in [0.717, 1.165) is 12.5 Å². The number of rotatable bonds is 7. The number of aliphatic imine (C=N–C) groups is 1. The molecule has 0 unspecified atom stereocenters. The van der Waals surface area contributed by atoms with Gasteiger partial charge in [-0.15, -0.1) is 0 Å². The van der Waals surface area contributed by atoms with Crippen LogP contribution in [0.25, 0.3) is 0 Å². The van der Waals surface area contributed by atoms with Gasteiger partial charge in [-0.05, 0) is 12.2 Å². The van der Waals surface area contributed by atoms with E-state index in [0.29, 0.717) is 0 Å². The second kappa shape index (κ2) is 7.31. The van der Waals surface area contributed by atoms with Crippen LogP contribution in [0.3, 0.4) is 0 Å². The van der Waals surface area contributed by atoms with Gasteiger partial charge in [-0.3, -0.25) is 0 Å². The fraction of sp³-hybridized carbons (Fsp3) is 0.857. The van der Waals surface area contributed by atoms with Gasteiger partial charge in [0.25, 0.3) is 0 Å². The van der Waals surface area contributed by atoms with Crippen LogP contribution in [0, 0.1) is 0 Å². The highest BCUT2D eigenvalue weighted by molar-refractivity contribution is 7.78. The molecular weight excluding hydrogens is 206 g/mol. The first-order valence-electron chi connectivity index (χ1n) is 4.02. The molecule has 0 N–H and O–H groups in total. The third-order valence-corrected chi connectivity index (χ3v) is 4.65. The fourth-order valence-electron chi connectivity index (χ4n) is 0.941. The Kier molecular flexibility index (Phi) is 7.26. The van der Waals surface area contributed by atoms with Crippen molar-refractivity contribution in [3.8, 4) is 0 Å². The molecule has 0 aromatic carbocycles. The number of nitrogens with zero attached hydrogens (tertiary/aromatic N) is 1. The van der Waals surface area contributed by atoms with Crippen LogP contribution in [0.4, 0.5) is 0 Å². The molecule has 0 fully saturated rings. The number of hydrogen-bond acceptors (Lipinski definition) is 5. The van der Waals surface area contributed by atoms with Crippen LogP contribution in [-0.2, 0) is 13.3 Å². The first-order chi connectivity index (χ1) is 6.24. The van der Waals surface area contributed by atoms with Crippen molar-refractivity contribution >= 4 is 26.2 Å². The molecule has 0 aliphatic heterocycles. The molecule has 0 rings (SSSR count). The highest BCUT2D eigenvalue weighted by Gasteiger charge is 2.37. The third-order valence-electron chi connectivity index (χ3n) is 1.59. The first-order valence-corrected chi connectivity index (χ1v) is 6.36. The van der Waals surface area contributed by atoms with E-state index in [1.165, 1.54) is 0 Å². The summed E-state index contributed by atoms with van der Waals surface area (Å²) in [5.41, 5.74) is 0. The van der Waals surface area contributed by atoms with E-state index in [4.69, 9.17) is 13.3 Å². The molecule has 13 heavy (non-hydrogen) atoms. The summed E-state index contributed by atoms with van der Waals surface area (Å²) in [6.07, 6.45) is 0.954. The molecule has 0 aliphatic carbocycles. The predicted octanol–water partition coefficient (Wildman–Crippen LogP) is 1.70. The molecule has 0 aliphatic rings. The van der Waals surface area contributed by atoms with Gasteiger partial charge >= 0.3 is 8.80 Å². The molecule has 0 saturated carbocycles. The molecule has 0 bridgehead atoms. The van der Waals surface area contributed by atoms with E-state index < -0.39 is 8.80 Å². The second-order valence-corrected chi connectivity index (χ2v) is 5.52. The van der Waals surface area contributed by atoms with Crippen LogP contribution in [0.5, 0.6) is 0 Å². The van der Waals surface area contributed by atoms with Gasteiger partial charge in [0, 0.05) is 20.3 Å². The van der Waals surface area contributed by atoms with Gasteiger partial charge in [0.05, 0.1) is 5.16 Å². The lowest BCUT2D eigenvalue weighted by Crippen LogP contribution is -2.43. The number of thiocarbonyl (C=S) groups is 1. The van der Waals surface area contributed by atoms with Crippen molar-refractivity contribution in [2.24, 2.45) is 4.99 Å². The lowest BCUT2D eigenvalue weighted by Gasteiger charge is -2.24. The molecule has 0 aromatic rings. The van der Waals surface area contributed by atoms with Gasteiger partial charge in [0.15, 0.2) is 0 Å². The SMILES string of the molecule is CCC[Si](OC)(OC)OCN=C=S. The summed E-state index contributed by atoms with van der Waals surface area (Å²) >= 11 is 4.41. The Morgan fingerprint density at radius 1 is 1.38 bits per heavy atom. The molecule has 0 heterocycles. The highest BCUT2D eigenvalue weighted by atomic mass is 32.1. The Morgan fingerprint density at radius 3 is 2.38 bits per heavy atom. The minimum Gasteiger partial charge on any atom is -0.377 e. The van der Waals surface area contributed by atoms with Crippen molar-refractivity contribution in [1.29, 1.82) is 0 Å². The van der Waals surface area contributed by atoms with Crippen LogP contribution in [0.1, 0.15) is 13.3 Å². The van der Waals surface area contributed by atoms with Crippen LogP contribution in [-0.4, -0.2) is 34.9 Å². The van der Waals surface area contributed by atoms with Crippen molar-refractivity contribution in [3.63, 3.8) is 0 Å². The predicted molar refractivity (Wildman–Crippen MR) is 55.8 cm³/mol. The maximum Gasteiger partial charge on any atom is 0.501 e. The molecule has 4 nitrogen and oxygen atoms in total. The average Bonchev–Trinajstić information content (AvgIpc) is 2.17. The number of isothiocyanates is 1. The molecule has 76 valence electrons.